The average molecular weight is 382 g/mol. The summed E-state index contributed by atoms with van der Waals surface area (Å²) in [6.45, 7) is 5.57. The van der Waals surface area contributed by atoms with Crippen LogP contribution in [0.5, 0.6) is 0 Å². The lowest BCUT2D eigenvalue weighted by atomic mass is 10.1. The van der Waals surface area contributed by atoms with Gasteiger partial charge in [0.2, 0.25) is 17.7 Å². The van der Waals surface area contributed by atoms with Crippen LogP contribution in [0.25, 0.3) is 0 Å². The van der Waals surface area contributed by atoms with Gasteiger partial charge in [-0.05, 0) is 48.9 Å². The van der Waals surface area contributed by atoms with Gasteiger partial charge >= 0.3 is 0 Å². The van der Waals surface area contributed by atoms with E-state index in [4.69, 9.17) is 0 Å². The minimum Gasteiger partial charge on any atom is -0.376 e. The van der Waals surface area contributed by atoms with Crippen LogP contribution in [0.3, 0.4) is 0 Å². The molecule has 0 unspecified atom stereocenters. The van der Waals surface area contributed by atoms with Crippen LogP contribution in [-0.2, 0) is 14.4 Å². The van der Waals surface area contributed by atoms with Crippen molar-refractivity contribution >= 4 is 40.5 Å². The molecule has 7 heteroatoms. The lowest BCUT2D eigenvalue weighted by molar-refractivity contribution is -0.116. The zero-order chi connectivity index (χ0) is 20.5. The van der Waals surface area contributed by atoms with Crippen molar-refractivity contribution in [3.05, 3.63) is 48.0 Å². The van der Waals surface area contributed by atoms with E-state index in [-0.39, 0.29) is 24.3 Å². The first-order chi connectivity index (χ1) is 13.4. The first kappa shape index (κ1) is 21.0. The van der Waals surface area contributed by atoms with Gasteiger partial charge in [0.1, 0.15) is 0 Å². The molecule has 0 atom stereocenters. The average Bonchev–Trinajstić information content (AvgIpc) is 2.69. The fourth-order valence-electron chi connectivity index (χ4n) is 2.38. The summed E-state index contributed by atoms with van der Waals surface area (Å²) < 4.78 is 0. The van der Waals surface area contributed by atoms with E-state index >= 15 is 0 Å². The van der Waals surface area contributed by atoms with Crippen LogP contribution < -0.4 is 21.3 Å². The van der Waals surface area contributed by atoms with E-state index in [0.29, 0.717) is 24.2 Å². The Hall–Kier alpha value is -3.35. The fraction of sp³-hybridized carbons (Fsp3) is 0.286. The van der Waals surface area contributed by atoms with E-state index in [1.165, 1.54) is 0 Å². The third-order valence-electron chi connectivity index (χ3n) is 4.06. The van der Waals surface area contributed by atoms with Crippen LogP contribution in [0.2, 0.25) is 0 Å². The van der Waals surface area contributed by atoms with E-state index in [0.717, 1.165) is 16.9 Å². The molecule has 0 spiro atoms. The Morgan fingerprint density at radius 3 is 1.79 bits per heavy atom. The Balaban J connectivity index is 1.89. The lowest BCUT2D eigenvalue weighted by Crippen LogP contribution is -2.22. The van der Waals surface area contributed by atoms with E-state index in [2.05, 4.69) is 21.3 Å². The van der Waals surface area contributed by atoms with Crippen LogP contribution >= 0.6 is 0 Å². The Kier molecular flexibility index (Phi) is 7.56. The van der Waals surface area contributed by atoms with Gasteiger partial charge in [0, 0.05) is 35.6 Å². The van der Waals surface area contributed by atoms with Crippen molar-refractivity contribution in [2.45, 2.75) is 33.6 Å². The standard InChI is InChI=1S/C21H26N4O3/c1-4-19(26)23-15-8-10-16(11-9-15)24-21(28)13-22-17-7-6-14(3)18(12-17)25-20(27)5-2/h6-12,22H,4-5,13H2,1-3H3,(H,23,26)(H,24,28)(H,25,27). The molecule has 0 radical (unpaired) electrons. The maximum Gasteiger partial charge on any atom is 0.243 e. The molecule has 2 aromatic rings. The van der Waals surface area contributed by atoms with Crippen molar-refractivity contribution < 1.29 is 14.4 Å². The number of hydrogen-bond donors (Lipinski definition) is 4. The molecule has 0 aromatic heterocycles. The smallest absolute Gasteiger partial charge is 0.243 e. The van der Waals surface area contributed by atoms with E-state index < -0.39 is 0 Å². The predicted octanol–water partition coefficient (Wildman–Crippen LogP) is 3.74. The summed E-state index contributed by atoms with van der Waals surface area (Å²) in [6.07, 6.45) is 0.813. The topological polar surface area (TPSA) is 99.3 Å². The minimum atomic E-state index is -0.204. The maximum atomic E-state index is 12.2. The minimum absolute atomic E-state index is 0.0587. The second-order valence-corrected chi connectivity index (χ2v) is 6.31. The zero-order valence-electron chi connectivity index (χ0n) is 16.4. The van der Waals surface area contributed by atoms with Crippen LogP contribution in [0.4, 0.5) is 22.7 Å². The van der Waals surface area contributed by atoms with Crippen LogP contribution in [0, 0.1) is 6.92 Å². The van der Waals surface area contributed by atoms with Crippen molar-refractivity contribution in [3.8, 4) is 0 Å². The number of amides is 3. The highest BCUT2D eigenvalue weighted by atomic mass is 16.2. The number of nitrogens with one attached hydrogen (secondary N) is 4. The summed E-state index contributed by atoms with van der Waals surface area (Å²) in [5, 5.41) is 11.4. The zero-order valence-corrected chi connectivity index (χ0v) is 16.4. The van der Waals surface area contributed by atoms with Crippen molar-refractivity contribution in [1.82, 2.24) is 0 Å². The van der Waals surface area contributed by atoms with Gasteiger partial charge in [0.05, 0.1) is 6.54 Å². The number of anilines is 4. The van der Waals surface area contributed by atoms with Crippen molar-refractivity contribution in [2.75, 3.05) is 27.8 Å². The molecule has 0 aliphatic rings. The number of carbonyl (C=O) groups excluding carboxylic acids is 3. The van der Waals surface area contributed by atoms with Crippen molar-refractivity contribution in [2.24, 2.45) is 0 Å². The normalized spacial score (nSPS) is 10.1. The molecule has 2 aromatic carbocycles. The first-order valence-corrected chi connectivity index (χ1v) is 9.25. The molecule has 7 nitrogen and oxygen atoms in total. The molecular formula is C21H26N4O3. The molecule has 0 heterocycles. The van der Waals surface area contributed by atoms with Crippen LogP contribution in [0.15, 0.2) is 42.5 Å². The summed E-state index contributed by atoms with van der Waals surface area (Å²) in [5.41, 5.74) is 3.74. The highest BCUT2D eigenvalue weighted by Gasteiger charge is 2.07. The highest BCUT2D eigenvalue weighted by molar-refractivity contribution is 5.95. The Labute approximate surface area is 164 Å². The highest BCUT2D eigenvalue weighted by Crippen LogP contribution is 2.20. The number of rotatable bonds is 8. The molecule has 0 aliphatic heterocycles. The van der Waals surface area contributed by atoms with Gasteiger partial charge in [-0.2, -0.15) is 0 Å². The molecule has 0 bridgehead atoms. The second-order valence-electron chi connectivity index (χ2n) is 6.31. The molecule has 0 saturated heterocycles. The molecule has 2 rings (SSSR count). The van der Waals surface area contributed by atoms with E-state index in [9.17, 15) is 14.4 Å². The van der Waals surface area contributed by atoms with Crippen LogP contribution in [0.1, 0.15) is 32.3 Å². The Morgan fingerprint density at radius 1 is 0.714 bits per heavy atom. The Bertz CT molecular complexity index is 847. The van der Waals surface area contributed by atoms with Crippen molar-refractivity contribution in [1.29, 1.82) is 0 Å². The second kappa shape index (κ2) is 10.1. The SMILES string of the molecule is CCC(=O)Nc1ccc(NC(=O)CNc2ccc(C)c(NC(=O)CC)c2)cc1. The Morgan fingerprint density at radius 2 is 1.21 bits per heavy atom. The molecule has 28 heavy (non-hydrogen) atoms. The maximum absolute atomic E-state index is 12.2. The van der Waals surface area contributed by atoms with E-state index in [1.807, 2.05) is 19.1 Å². The first-order valence-electron chi connectivity index (χ1n) is 9.25. The van der Waals surface area contributed by atoms with Gasteiger partial charge in [-0.3, -0.25) is 14.4 Å². The molecule has 3 amide bonds. The molecular weight excluding hydrogens is 356 g/mol. The quantitative estimate of drug-likeness (QED) is 0.559. The summed E-state index contributed by atoms with van der Waals surface area (Å²) in [6, 6.07) is 12.5. The molecule has 0 aliphatic carbocycles. The summed E-state index contributed by atoms with van der Waals surface area (Å²) >= 11 is 0. The number of carbonyl (C=O) groups is 3. The molecule has 0 saturated carbocycles. The van der Waals surface area contributed by atoms with Crippen molar-refractivity contribution in [3.63, 3.8) is 0 Å². The lowest BCUT2D eigenvalue weighted by Gasteiger charge is -2.12. The summed E-state index contributed by atoms with van der Waals surface area (Å²) in [4.78, 5) is 35.1. The van der Waals surface area contributed by atoms with Gasteiger partial charge in [-0.1, -0.05) is 19.9 Å². The fourth-order valence-corrected chi connectivity index (χ4v) is 2.38. The molecule has 0 fully saturated rings. The third kappa shape index (κ3) is 6.42. The predicted molar refractivity (Wildman–Crippen MR) is 113 cm³/mol. The summed E-state index contributed by atoms with van der Waals surface area (Å²) in [7, 11) is 0. The number of aryl methyl sites for hydroxylation is 1. The van der Waals surface area contributed by atoms with Gasteiger partial charge in [0.25, 0.3) is 0 Å². The van der Waals surface area contributed by atoms with Crippen LogP contribution in [-0.4, -0.2) is 24.3 Å². The number of benzene rings is 2. The van der Waals surface area contributed by atoms with Gasteiger partial charge in [0.15, 0.2) is 0 Å². The third-order valence-corrected chi connectivity index (χ3v) is 4.06. The van der Waals surface area contributed by atoms with Gasteiger partial charge in [-0.25, -0.2) is 0 Å². The largest absolute Gasteiger partial charge is 0.376 e. The van der Waals surface area contributed by atoms with Gasteiger partial charge in [-0.15, -0.1) is 0 Å². The van der Waals surface area contributed by atoms with E-state index in [1.54, 1.807) is 44.2 Å². The van der Waals surface area contributed by atoms with Gasteiger partial charge < -0.3 is 21.3 Å². The monoisotopic (exact) mass is 382 g/mol. The molecule has 148 valence electrons. The number of hydrogen-bond acceptors (Lipinski definition) is 4. The molecule has 4 N–H and O–H groups in total. The summed E-state index contributed by atoms with van der Waals surface area (Å²) in [5.74, 6) is -0.324.